The summed E-state index contributed by atoms with van der Waals surface area (Å²) >= 11 is 0. The molecule has 92 valence electrons. The predicted molar refractivity (Wildman–Crippen MR) is 71.0 cm³/mol. The fourth-order valence-corrected chi connectivity index (χ4v) is 1.65. The van der Waals surface area contributed by atoms with Crippen molar-refractivity contribution in [1.29, 1.82) is 5.26 Å². The van der Waals surface area contributed by atoms with Crippen LogP contribution >= 0.6 is 0 Å². The minimum Gasteiger partial charge on any atom is -0.379 e. The van der Waals surface area contributed by atoms with Gasteiger partial charge in [0, 0.05) is 11.9 Å². The number of rotatable bonds is 4. The van der Waals surface area contributed by atoms with E-state index in [2.05, 4.69) is 21.4 Å². The van der Waals surface area contributed by atoms with Crippen LogP contribution in [-0.4, -0.2) is 9.97 Å². The highest BCUT2D eigenvalue weighted by atomic mass is 14.9. The minimum absolute atomic E-state index is 0.443. The molecular formula is C14H16N4. The van der Waals surface area contributed by atoms with Gasteiger partial charge in [-0.1, -0.05) is 12.1 Å². The van der Waals surface area contributed by atoms with Crippen molar-refractivity contribution in [2.24, 2.45) is 0 Å². The first-order chi connectivity index (χ1) is 8.62. The zero-order valence-electron chi connectivity index (χ0n) is 10.6. The number of benzene rings is 1. The van der Waals surface area contributed by atoms with E-state index in [-0.39, 0.29) is 0 Å². The van der Waals surface area contributed by atoms with Crippen LogP contribution in [0, 0.1) is 11.3 Å². The van der Waals surface area contributed by atoms with E-state index in [1.165, 1.54) is 0 Å². The molecule has 1 aromatic heterocycles. The van der Waals surface area contributed by atoms with Crippen molar-refractivity contribution in [1.82, 2.24) is 9.97 Å². The highest BCUT2D eigenvalue weighted by molar-refractivity contribution is 5.47. The second kappa shape index (κ2) is 4.92. The average Bonchev–Trinajstić information content (AvgIpc) is 2.90. The first kappa shape index (κ1) is 12.2. The van der Waals surface area contributed by atoms with E-state index in [1.807, 2.05) is 38.1 Å². The summed E-state index contributed by atoms with van der Waals surface area (Å²) in [4.78, 5) is 7.00. The van der Waals surface area contributed by atoms with Crippen LogP contribution in [0.15, 0.2) is 36.8 Å². The van der Waals surface area contributed by atoms with Gasteiger partial charge in [0.05, 0.1) is 30.1 Å². The lowest BCUT2D eigenvalue weighted by molar-refractivity contribution is 0.687. The summed E-state index contributed by atoms with van der Waals surface area (Å²) in [5.74, 6) is 0. The van der Waals surface area contributed by atoms with Gasteiger partial charge in [-0.3, -0.25) is 0 Å². The van der Waals surface area contributed by atoms with E-state index in [9.17, 15) is 0 Å². The molecular weight excluding hydrogens is 224 g/mol. The van der Waals surface area contributed by atoms with Crippen molar-refractivity contribution < 1.29 is 0 Å². The lowest BCUT2D eigenvalue weighted by Crippen LogP contribution is -2.13. The summed E-state index contributed by atoms with van der Waals surface area (Å²) in [5, 5.41) is 12.4. The maximum absolute atomic E-state index is 9.07. The molecule has 0 aliphatic heterocycles. The average molecular weight is 240 g/mol. The Labute approximate surface area is 107 Å². The molecule has 0 spiro atoms. The van der Waals surface area contributed by atoms with Crippen LogP contribution in [0.25, 0.3) is 0 Å². The van der Waals surface area contributed by atoms with Crippen LogP contribution in [0.1, 0.15) is 25.1 Å². The highest BCUT2D eigenvalue weighted by Gasteiger charge is 2.18. The van der Waals surface area contributed by atoms with Gasteiger partial charge in [0.25, 0.3) is 0 Å². The topological polar surface area (TPSA) is 64.5 Å². The fraction of sp³-hybridized carbons (Fsp3) is 0.286. The number of nitriles is 1. The third kappa shape index (κ3) is 2.69. The first-order valence-corrected chi connectivity index (χ1v) is 5.85. The maximum atomic E-state index is 9.07. The van der Waals surface area contributed by atoms with Crippen LogP contribution in [0.3, 0.4) is 0 Å². The number of nitrogens with one attached hydrogen (secondary N) is 2. The first-order valence-electron chi connectivity index (χ1n) is 5.85. The molecule has 0 unspecified atom stereocenters. The summed E-state index contributed by atoms with van der Waals surface area (Å²) < 4.78 is 0. The van der Waals surface area contributed by atoms with Gasteiger partial charge < -0.3 is 10.3 Å². The number of nitrogens with zero attached hydrogens (tertiary/aromatic N) is 2. The lowest BCUT2D eigenvalue weighted by Gasteiger charge is -2.16. The molecule has 2 N–H and O–H groups in total. The number of H-pyrrole nitrogens is 1. The van der Waals surface area contributed by atoms with Gasteiger partial charge in [0.15, 0.2) is 0 Å². The van der Waals surface area contributed by atoms with Crippen molar-refractivity contribution >= 4 is 5.69 Å². The zero-order valence-corrected chi connectivity index (χ0v) is 10.6. The number of aromatic amines is 1. The van der Waals surface area contributed by atoms with Crippen molar-refractivity contribution in [3.8, 4) is 6.07 Å². The standard InChI is InChI=1S/C14H16N4/c1-14(2,9-15)11-3-5-12(6-4-11)17-8-13-7-16-10-18-13/h3-7,10,17H,8H2,1-2H3,(H,16,18). The molecule has 0 aliphatic carbocycles. The van der Waals surface area contributed by atoms with Crippen molar-refractivity contribution in [3.63, 3.8) is 0 Å². The Morgan fingerprint density at radius 3 is 2.61 bits per heavy atom. The van der Waals surface area contributed by atoms with Gasteiger partial charge in [0.1, 0.15) is 0 Å². The molecule has 1 aromatic carbocycles. The quantitative estimate of drug-likeness (QED) is 0.863. The molecule has 1 heterocycles. The van der Waals surface area contributed by atoms with Crippen LogP contribution in [-0.2, 0) is 12.0 Å². The number of imidazole rings is 1. The Kier molecular flexibility index (Phi) is 3.33. The molecule has 4 heteroatoms. The van der Waals surface area contributed by atoms with Crippen LogP contribution in [0.2, 0.25) is 0 Å². The molecule has 0 saturated heterocycles. The molecule has 0 amide bonds. The van der Waals surface area contributed by atoms with Gasteiger partial charge >= 0.3 is 0 Å². The van der Waals surface area contributed by atoms with Gasteiger partial charge in [-0.2, -0.15) is 5.26 Å². The number of hydrogen-bond acceptors (Lipinski definition) is 3. The van der Waals surface area contributed by atoms with E-state index in [0.717, 1.165) is 16.9 Å². The normalized spacial score (nSPS) is 10.9. The summed E-state index contributed by atoms with van der Waals surface area (Å²) in [6.07, 6.45) is 3.45. The second-order valence-electron chi connectivity index (χ2n) is 4.74. The SMILES string of the molecule is CC(C)(C#N)c1ccc(NCc2cnc[nH]2)cc1. The molecule has 0 bridgehead atoms. The maximum Gasteiger partial charge on any atom is 0.0922 e. The molecule has 2 rings (SSSR count). The molecule has 0 radical (unpaired) electrons. The van der Waals surface area contributed by atoms with Gasteiger partial charge in [0.2, 0.25) is 0 Å². The Balaban J connectivity index is 2.02. The van der Waals surface area contributed by atoms with Crippen LogP contribution in [0.5, 0.6) is 0 Å². The molecule has 18 heavy (non-hydrogen) atoms. The largest absolute Gasteiger partial charge is 0.379 e. The van der Waals surface area contributed by atoms with Crippen molar-refractivity contribution in [2.75, 3.05) is 5.32 Å². The lowest BCUT2D eigenvalue weighted by atomic mass is 9.86. The number of aromatic nitrogens is 2. The zero-order chi connectivity index (χ0) is 13.0. The summed E-state index contributed by atoms with van der Waals surface area (Å²) in [6.45, 7) is 4.54. The Morgan fingerprint density at radius 2 is 2.06 bits per heavy atom. The summed E-state index contributed by atoms with van der Waals surface area (Å²) in [6, 6.07) is 10.2. The fourth-order valence-electron chi connectivity index (χ4n) is 1.65. The van der Waals surface area contributed by atoms with Crippen molar-refractivity contribution in [2.45, 2.75) is 25.8 Å². The van der Waals surface area contributed by atoms with Gasteiger partial charge in [-0.15, -0.1) is 0 Å². The number of hydrogen-bond donors (Lipinski definition) is 2. The van der Waals surface area contributed by atoms with E-state index < -0.39 is 5.41 Å². The molecule has 0 fully saturated rings. The summed E-state index contributed by atoms with van der Waals surface area (Å²) in [7, 11) is 0. The number of anilines is 1. The van der Waals surface area contributed by atoms with Crippen molar-refractivity contribution in [3.05, 3.63) is 48.0 Å². The molecule has 0 atom stereocenters. The highest BCUT2D eigenvalue weighted by Crippen LogP contribution is 2.23. The second-order valence-corrected chi connectivity index (χ2v) is 4.74. The summed E-state index contributed by atoms with van der Waals surface area (Å²) in [5.41, 5.74) is 2.65. The third-order valence-corrected chi connectivity index (χ3v) is 2.92. The van der Waals surface area contributed by atoms with Gasteiger partial charge in [-0.05, 0) is 31.5 Å². The minimum atomic E-state index is -0.443. The van der Waals surface area contributed by atoms with E-state index in [0.29, 0.717) is 6.54 Å². The monoisotopic (exact) mass is 240 g/mol. The molecule has 0 saturated carbocycles. The molecule has 4 nitrogen and oxygen atoms in total. The third-order valence-electron chi connectivity index (χ3n) is 2.92. The predicted octanol–water partition coefficient (Wildman–Crippen LogP) is 2.82. The van der Waals surface area contributed by atoms with E-state index in [4.69, 9.17) is 5.26 Å². The van der Waals surface area contributed by atoms with Crippen LogP contribution < -0.4 is 5.32 Å². The molecule has 2 aromatic rings. The Hall–Kier alpha value is -2.28. The Bertz CT molecular complexity index is 532. The van der Waals surface area contributed by atoms with E-state index in [1.54, 1.807) is 12.5 Å². The van der Waals surface area contributed by atoms with E-state index >= 15 is 0 Å². The smallest absolute Gasteiger partial charge is 0.0922 e. The molecule has 0 aliphatic rings. The van der Waals surface area contributed by atoms with Gasteiger partial charge in [-0.25, -0.2) is 4.98 Å². The Morgan fingerprint density at radius 1 is 1.33 bits per heavy atom. The van der Waals surface area contributed by atoms with Crippen LogP contribution in [0.4, 0.5) is 5.69 Å².